The molecule has 0 aliphatic heterocycles. The second-order valence-electron chi connectivity index (χ2n) is 19.9. The molecule has 0 aromatic heterocycles. The van der Waals surface area contributed by atoms with E-state index in [1.807, 2.05) is 78.8 Å². The quantitative estimate of drug-likeness (QED) is 0.116. The largest absolute Gasteiger partial charge is 0.461 e. The van der Waals surface area contributed by atoms with E-state index in [1.165, 1.54) is 0 Å². The maximum absolute atomic E-state index is 14.0. The summed E-state index contributed by atoms with van der Waals surface area (Å²) < 4.78 is 11.4. The first-order chi connectivity index (χ1) is 29.1. The molecule has 0 unspecified atom stereocenters. The zero-order valence-electron chi connectivity index (χ0n) is 38.9. The van der Waals surface area contributed by atoms with Crippen LogP contribution in [0.15, 0.2) is 30.3 Å². The second kappa shape index (κ2) is 24.3. The predicted molar refractivity (Wildman–Crippen MR) is 239 cm³/mol. The molecule has 0 spiro atoms. The number of hydrogen-bond acceptors (Lipinski definition) is 8. The number of amides is 2. The molecule has 1 aromatic rings. The molecule has 0 saturated heterocycles. The number of rotatable bonds is 21. The molecular weight excluding hydrogens is 769 g/mol. The van der Waals surface area contributed by atoms with Gasteiger partial charge in [0.25, 0.3) is 0 Å². The van der Waals surface area contributed by atoms with E-state index in [2.05, 4.69) is 10.6 Å². The van der Waals surface area contributed by atoms with Crippen LogP contribution < -0.4 is 10.6 Å². The van der Waals surface area contributed by atoms with Crippen LogP contribution in [0.2, 0.25) is 0 Å². The molecule has 4 rings (SSSR count). The molecule has 3 saturated carbocycles. The van der Waals surface area contributed by atoms with Gasteiger partial charge in [-0.05, 0) is 121 Å². The first-order valence-corrected chi connectivity index (χ1v) is 24.1. The van der Waals surface area contributed by atoms with Crippen molar-refractivity contribution in [2.24, 2.45) is 53.3 Å². The van der Waals surface area contributed by atoms with Gasteiger partial charge in [0.1, 0.15) is 18.0 Å². The second-order valence-corrected chi connectivity index (χ2v) is 19.9. The first kappa shape index (κ1) is 50.1. The maximum Gasteiger partial charge on any atom is 0.309 e. The van der Waals surface area contributed by atoms with Crippen molar-refractivity contribution >= 4 is 35.3 Å². The molecule has 0 heterocycles. The molecular formula is C51H80N2O8. The Morgan fingerprint density at radius 1 is 0.656 bits per heavy atom. The van der Waals surface area contributed by atoms with Crippen molar-refractivity contribution < 1.29 is 38.2 Å². The summed E-state index contributed by atoms with van der Waals surface area (Å²) in [6.45, 7) is 15.5. The van der Waals surface area contributed by atoms with Gasteiger partial charge < -0.3 is 20.1 Å². The van der Waals surface area contributed by atoms with Crippen molar-refractivity contribution in [3.63, 3.8) is 0 Å². The SMILES string of the molecule is CC[C@@H](C(=O)C[C@H](C)C(=O)N[C@H]1CCCC[C@@H]1[C@@H](CC)C(=O)N[C@H](C)C(=O)C[C@@H]1CCCC[C@@H]1[C@@H](CC)C(=O)OCc1ccccc1)[C@H]1CCCC[C@H]1CC(=O)OC(C)(C)C. The fraction of sp³-hybridized carbons (Fsp3) is 0.765. The Balaban J connectivity index is 1.32. The number of nitrogens with one attached hydrogen (secondary N) is 2. The number of carbonyl (C=O) groups excluding carboxylic acids is 6. The normalized spacial score (nSPS) is 25.8. The molecule has 61 heavy (non-hydrogen) atoms. The topological polar surface area (TPSA) is 145 Å². The van der Waals surface area contributed by atoms with Crippen LogP contribution in [0.5, 0.6) is 0 Å². The minimum Gasteiger partial charge on any atom is -0.461 e. The van der Waals surface area contributed by atoms with Crippen LogP contribution in [0, 0.1) is 53.3 Å². The van der Waals surface area contributed by atoms with Gasteiger partial charge in [0, 0.05) is 43.1 Å². The lowest BCUT2D eigenvalue weighted by molar-refractivity contribution is -0.157. The molecule has 0 bridgehead atoms. The van der Waals surface area contributed by atoms with Crippen molar-refractivity contribution in [3.05, 3.63) is 35.9 Å². The Kier molecular flexibility index (Phi) is 20.0. The number of ether oxygens (including phenoxy) is 2. The van der Waals surface area contributed by atoms with Gasteiger partial charge in [-0.3, -0.25) is 28.8 Å². The highest BCUT2D eigenvalue weighted by Crippen LogP contribution is 2.42. The van der Waals surface area contributed by atoms with Crippen LogP contribution in [0.4, 0.5) is 0 Å². The first-order valence-electron chi connectivity index (χ1n) is 24.1. The monoisotopic (exact) mass is 849 g/mol. The molecule has 10 nitrogen and oxygen atoms in total. The summed E-state index contributed by atoms with van der Waals surface area (Å²) in [4.78, 5) is 81.6. The van der Waals surface area contributed by atoms with Gasteiger partial charge in [0.2, 0.25) is 11.8 Å². The van der Waals surface area contributed by atoms with Crippen LogP contribution >= 0.6 is 0 Å². The van der Waals surface area contributed by atoms with Gasteiger partial charge in [-0.15, -0.1) is 0 Å². The predicted octanol–water partition coefficient (Wildman–Crippen LogP) is 9.89. The van der Waals surface area contributed by atoms with Gasteiger partial charge in [-0.1, -0.05) is 96.6 Å². The maximum atomic E-state index is 14.0. The highest BCUT2D eigenvalue weighted by Gasteiger charge is 2.41. The van der Waals surface area contributed by atoms with E-state index < -0.39 is 17.6 Å². The highest BCUT2D eigenvalue weighted by atomic mass is 16.6. The number of ketones is 2. The molecule has 11 atom stereocenters. The molecule has 0 radical (unpaired) electrons. The number of esters is 2. The Morgan fingerprint density at radius 2 is 1.20 bits per heavy atom. The lowest BCUT2D eigenvalue weighted by Crippen LogP contribution is -2.51. The van der Waals surface area contributed by atoms with E-state index in [0.717, 1.165) is 82.6 Å². The summed E-state index contributed by atoms with van der Waals surface area (Å²) in [5, 5.41) is 6.35. The molecule has 3 aliphatic rings. The lowest BCUT2D eigenvalue weighted by Gasteiger charge is -2.38. The number of hydrogen-bond donors (Lipinski definition) is 2. The van der Waals surface area contributed by atoms with Gasteiger partial charge in [-0.25, -0.2) is 0 Å². The minimum absolute atomic E-state index is 0.0191. The zero-order valence-corrected chi connectivity index (χ0v) is 38.9. The number of benzene rings is 1. The van der Waals surface area contributed by atoms with E-state index in [9.17, 15) is 28.8 Å². The molecule has 2 amide bonds. The summed E-state index contributed by atoms with van der Waals surface area (Å²) in [6.07, 6.45) is 13.8. The van der Waals surface area contributed by atoms with E-state index in [1.54, 1.807) is 6.92 Å². The smallest absolute Gasteiger partial charge is 0.309 e. The average Bonchev–Trinajstić information content (AvgIpc) is 3.22. The lowest BCUT2D eigenvalue weighted by atomic mass is 9.68. The van der Waals surface area contributed by atoms with Gasteiger partial charge in [-0.2, -0.15) is 0 Å². The van der Waals surface area contributed by atoms with Crippen LogP contribution in [-0.2, 0) is 44.8 Å². The molecule has 2 N–H and O–H groups in total. The third-order valence-electron chi connectivity index (χ3n) is 14.3. The molecule has 1 aromatic carbocycles. The van der Waals surface area contributed by atoms with Crippen molar-refractivity contribution in [1.82, 2.24) is 10.6 Å². The zero-order chi connectivity index (χ0) is 44.7. The summed E-state index contributed by atoms with van der Waals surface area (Å²) in [6, 6.07) is 8.81. The van der Waals surface area contributed by atoms with Crippen molar-refractivity contribution in [1.29, 1.82) is 0 Å². The Morgan fingerprint density at radius 3 is 1.79 bits per heavy atom. The van der Waals surface area contributed by atoms with Gasteiger partial charge in [0.15, 0.2) is 5.78 Å². The fourth-order valence-corrected chi connectivity index (χ4v) is 11.1. The summed E-state index contributed by atoms with van der Waals surface area (Å²) in [5.74, 6) is -1.82. The van der Waals surface area contributed by atoms with E-state index >= 15 is 0 Å². The average molecular weight is 849 g/mol. The molecule has 342 valence electrons. The minimum atomic E-state index is -0.670. The van der Waals surface area contributed by atoms with E-state index in [4.69, 9.17) is 9.47 Å². The third kappa shape index (κ3) is 15.0. The number of Topliss-reactive ketones (excluding diaryl/α,β-unsaturated/α-hetero) is 2. The summed E-state index contributed by atoms with van der Waals surface area (Å²) >= 11 is 0. The highest BCUT2D eigenvalue weighted by molar-refractivity contribution is 5.90. The molecule has 3 aliphatic carbocycles. The Labute approximate surface area is 367 Å². The molecule has 10 heteroatoms. The Bertz CT molecular complexity index is 1590. The van der Waals surface area contributed by atoms with Crippen LogP contribution in [0.25, 0.3) is 0 Å². The molecule has 3 fully saturated rings. The summed E-state index contributed by atoms with van der Waals surface area (Å²) in [5.41, 5.74) is 0.393. The third-order valence-corrected chi connectivity index (χ3v) is 14.3. The van der Waals surface area contributed by atoms with E-state index in [-0.39, 0.29) is 102 Å². The van der Waals surface area contributed by atoms with Gasteiger partial charge >= 0.3 is 11.9 Å². The van der Waals surface area contributed by atoms with Crippen LogP contribution in [-0.4, -0.2) is 53.0 Å². The van der Waals surface area contributed by atoms with E-state index in [0.29, 0.717) is 32.1 Å². The number of carbonyl (C=O) groups is 6. The van der Waals surface area contributed by atoms with Crippen molar-refractivity contribution in [3.8, 4) is 0 Å². The van der Waals surface area contributed by atoms with Crippen molar-refractivity contribution in [2.75, 3.05) is 0 Å². The summed E-state index contributed by atoms with van der Waals surface area (Å²) in [7, 11) is 0. The van der Waals surface area contributed by atoms with Gasteiger partial charge in [0.05, 0.1) is 12.0 Å². The van der Waals surface area contributed by atoms with Crippen molar-refractivity contribution in [2.45, 2.75) is 195 Å². The van der Waals surface area contributed by atoms with Crippen LogP contribution in [0.1, 0.15) is 177 Å². The van der Waals surface area contributed by atoms with Crippen LogP contribution in [0.3, 0.4) is 0 Å². The standard InChI is InChI=1S/C51H80N2O8/c1-9-38(41-25-17-16-24-37(41)31-47(56)61-51(6,7)8)46(55)29-33(4)48(57)53-44-28-20-19-27-43(44)39(10-2)49(58)52-34(5)45(54)30-36-23-15-18-26-42(36)40(11-3)50(59)60-32-35-21-13-12-14-22-35/h12-14,21-22,33-34,36-44H,9-11,15-20,23-32H2,1-8H3,(H,52,58)(H,53,57)/t33-,34+,36-,37-,38+,39+,40+,41-,42-,43+,44-/m0/s1. The Hall–Kier alpha value is -3.56. The fourth-order valence-electron chi connectivity index (χ4n) is 11.1.